The van der Waals surface area contributed by atoms with Crippen LogP contribution < -0.4 is 4.74 Å². The SMILES string of the molecule is CC(O)c1ccc2c(-c3cc(Cl)cc4c3OC(C(=O)N3CCCCC3)C4)ccnc2c1. The average Bonchev–Trinajstić information content (AvgIpc) is 3.21. The number of carbonyl (C=O) groups excluding carboxylic acids is 1. The molecule has 1 aromatic heterocycles. The molecule has 1 saturated heterocycles. The first kappa shape index (κ1) is 20.3. The molecule has 2 aliphatic heterocycles. The zero-order valence-corrected chi connectivity index (χ0v) is 18.2. The number of aliphatic hydroxyl groups excluding tert-OH is 1. The first-order valence-electron chi connectivity index (χ1n) is 10.9. The fraction of sp³-hybridized carbons (Fsp3) is 0.360. The van der Waals surface area contributed by atoms with E-state index in [2.05, 4.69) is 4.98 Å². The smallest absolute Gasteiger partial charge is 0.263 e. The van der Waals surface area contributed by atoms with E-state index < -0.39 is 12.2 Å². The quantitative estimate of drug-likeness (QED) is 0.632. The Balaban J connectivity index is 1.54. The van der Waals surface area contributed by atoms with Gasteiger partial charge in [0, 0.05) is 47.2 Å². The number of rotatable bonds is 3. The van der Waals surface area contributed by atoms with E-state index in [1.165, 1.54) is 6.42 Å². The predicted molar refractivity (Wildman–Crippen MR) is 121 cm³/mol. The molecule has 1 N–H and O–H groups in total. The van der Waals surface area contributed by atoms with Crippen molar-refractivity contribution in [3.63, 3.8) is 0 Å². The Morgan fingerprint density at radius 2 is 1.97 bits per heavy atom. The van der Waals surface area contributed by atoms with Crippen LogP contribution in [-0.2, 0) is 11.2 Å². The van der Waals surface area contributed by atoms with Gasteiger partial charge in [-0.15, -0.1) is 0 Å². The van der Waals surface area contributed by atoms with Crippen LogP contribution >= 0.6 is 11.6 Å². The molecule has 0 spiro atoms. The average molecular weight is 437 g/mol. The Bertz CT molecular complexity index is 1150. The van der Waals surface area contributed by atoms with Gasteiger partial charge in [0.15, 0.2) is 6.10 Å². The summed E-state index contributed by atoms with van der Waals surface area (Å²) in [4.78, 5) is 19.5. The number of likely N-dealkylation sites (tertiary alicyclic amines) is 1. The number of piperidine rings is 1. The monoisotopic (exact) mass is 436 g/mol. The third-order valence-electron chi connectivity index (χ3n) is 6.28. The minimum atomic E-state index is -0.560. The number of pyridine rings is 1. The number of aliphatic hydroxyl groups is 1. The molecule has 2 aromatic carbocycles. The Morgan fingerprint density at radius 3 is 2.74 bits per heavy atom. The van der Waals surface area contributed by atoms with Gasteiger partial charge in [-0.2, -0.15) is 0 Å². The Hall–Kier alpha value is -2.63. The fourth-order valence-corrected chi connectivity index (χ4v) is 4.88. The van der Waals surface area contributed by atoms with E-state index in [1.54, 1.807) is 13.1 Å². The van der Waals surface area contributed by atoms with Gasteiger partial charge < -0.3 is 14.7 Å². The third-order valence-corrected chi connectivity index (χ3v) is 6.50. The molecule has 0 bridgehead atoms. The second-order valence-corrected chi connectivity index (χ2v) is 8.89. The van der Waals surface area contributed by atoms with Gasteiger partial charge in [0.25, 0.3) is 5.91 Å². The molecule has 31 heavy (non-hydrogen) atoms. The van der Waals surface area contributed by atoms with Crippen LogP contribution in [0, 0.1) is 0 Å². The van der Waals surface area contributed by atoms with Crippen LogP contribution in [0.25, 0.3) is 22.0 Å². The Morgan fingerprint density at radius 1 is 1.16 bits per heavy atom. The van der Waals surface area contributed by atoms with Gasteiger partial charge in [-0.1, -0.05) is 23.7 Å². The van der Waals surface area contributed by atoms with Crippen LogP contribution in [0.4, 0.5) is 0 Å². The summed E-state index contributed by atoms with van der Waals surface area (Å²) in [6, 6.07) is 11.5. The van der Waals surface area contributed by atoms with E-state index in [1.807, 2.05) is 41.3 Å². The molecule has 5 nitrogen and oxygen atoms in total. The lowest BCUT2D eigenvalue weighted by Crippen LogP contribution is -2.43. The minimum Gasteiger partial charge on any atom is -0.479 e. The van der Waals surface area contributed by atoms with Crippen LogP contribution in [0.2, 0.25) is 5.02 Å². The van der Waals surface area contributed by atoms with Crippen LogP contribution in [0.15, 0.2) is 42.6 Å². The molecule has 2 atom stereocenters. The van der Waals surface area contributed by atoms with Crippen LogP contribution in [0.1, 0.15) is 43.4 Å². The molecular weight excluding hydrogens is 412 g/mol. The highest BCUT2D eigenvalue weighted by molar-refractivity contribution is 6.31. The number of benzene rings is 2. The van der Waals surface area contributed by atoms with E-state index in [0.29, 0.717) is 11.4 Å². The highest BCUT2D eigenvalue weighted by atomic mass is 35.5. The zero-order valence-electron chi connectivity index (χ0n) is 17.5. The first-order chi connectivity index (χ1) is 15.0. The topological polar surface area (TPSA) is 62.7 Å². The highest BCUT2D eigenvalue weighted by Crippen LogP contribution is 2.43. The number of hydrogen-bond acceptors (Lipinski definition) is 4. The number of amides is 1. The van der Waals surface area contributed by atoms with Gasteiger partial charge in [-0.05, 0) is 61.6 Å². The van der Waals surface area contributed by atoms with Crippen molar-refractivity contribution in [3.8, 4) is 16.9 Å². The highest BCUT2D eigenvalue weighted by Gasteiger charge is 2.35. The van der Waals surface area contributed by atoms with Crippen molar-refractivity contribution in [1.29, 1.82) is 0 Å². The van der Waals surface area contributed by atoms with Gasteiger partial charge in [-0.3, -0.25) is 9.78 Å². The maximum atomic E-state index is 13.0. The molecule has 2 aliphatic rings. The van der Waals surface area contributed by atoms with Gasteiger partial charge in [0.1, 0.15) is 5.75 Å². The molecular formula is C25H25ClN2O3. The van der Waals surface area contributed by atoms with E-state index in [4.69, 9.17) is 16.3 Å². The summed E-state index contributed by atoms with van der Waals surface area (Å²) in [5.41, 5.74) is 4.39. The summed E-state index contributed by atoms with van der Waals surface area (Å²) < 4.78 is 6.26. The molecule has 0 saturated carbocycles. The molecule has 3 heterocycles. The number of fused-ring (bicyclic) bond motifs is 2. The normalized spacial score (nSPS) is 19.2. The largest absolute Gasteiger partial charge is 0.479 e. The van der Waals surface area contributed by atoms with Crippen LogP contribution in [0.5, 0.6) is 5.75 Å². The van der Waals surface area contributed by atoms with Crippen molar-refractivity contribution in [1.82, 2.24) is 9.88 Å². The second-order valence-electron chi connectivity index (χ2n) is 8.45. The van der Waals surface area contributed by atoms with Crippen molar-refractivity contribution >= 4 is 28.4 Å². The van der Waals surface area contributed by atoms with Crippen molar-refractivity contribution in [2.75, 3.05) is 13.1 Å². The van der Waals surface area contributed by atoms with E-state index >= 15 is 0 Å². The van der Waals surface area contributed by atoms with Crippen LogP contribution in [-0.4, -0.2) is 40.1 Å². The van der Waals surface area contributed by atoms with E-state index in [9.17, 15) is 9.90 Å². The second kappa shape index (κ2) is 8.13. The zero-order chi connectivity index (χ0) is 21.5. The number of hydrogen-bond donors (Lipinski definition) is 1. The number of carbonyl (C=O) groups is 1. The number of aromatic nitrogens is 1. The molecule has 1 amide bonds. The lowest BCUT2D eigenvalue weighted by molar-refractivity contribution is -0.138. The maximum absolute atomic E-state index is 13.0. The lowest BCUT2D eigenvalue weighted by Gasteiger charge is -2.28. The number of ether oxygens (including phenoxy) is 1. The van der Waals surface area contributed by atoms with Gasteiger partial charge in [0.05, 0.1) is 11.6 Å². The van der Waals surface area contributed by atoms with Gasteiger partial charge >= 0.3 is 0 Å². The number of nitrogens with zero attached hydrogens (tertiary/aromatic N) is 2. The summed E-state index contributed by atoms with van der Waals surface area (Å²) in [7, 11) is 0. The lowest BCUT2D eigenvalue weighted by atomic mass is 9.96. The summed E-state index contributed by atoms with van der Waals surface area (Å²) >= 11 is 6.47. The first-order valence-corrected chi connectivity index (χ1v) is 11.2. The van der Waals surface area contributed by atoms with Crippen LogP contribution in [0.3, 0.4) is 0 Å². The summed E-state index contributed by atoms with van der Waals surface area (Å²) in [5, 5.41) is 11.5. The minimum absolute atomic E-state index is 0.0686. The van der Waals surface area contributed by atoms with Gasteiger partial charge in [0.2, 0.25) is 0 Å². The molecule has 6 heteroatoms. The summed E-state index contributed by atoms with van der Waals surface area (Å²) in [5.74, 6) is 0.797. The van der Waals surface area contributed by atoms with E-state index in [-0.39, 0.29) is 5.91 Å². The molecule has 160 valence electrons. The molecule has 0 radical (unpaired) electrons. The molecule has 5 rings (SSSR count). The summed E-state index contributed by atoms with van der Waals surface area (Å²) in [6.07, 6.45) is 4.52. The molecule has 3 aromatic rings. The van der Waals surface area contributed by atoms with Crippen molar-refractivity contribution in [2.45, 2.75) is 44.8 Å². The third kappa shape index (κ3) is 3.77. The fourth-order valence-electron chi connectivity index (χ4n) is 4.64. The molecule has 0 aliphatic carbocycles. The van der Waals surface area contributed by atoms with Crippen molar-refractivity contribution in [3.05, 3.63) is 58.7 Å². The predicted octanol–water partition coefficient (Wildman–Crippen LogP) is 4.92. The summed E-state index contributed by atoms with van der Waals surface area (Å²) in [6.45, 7) is 3.36. The standard InChI is InChI=1S/C25H25ClN2O3/c1-15(29)16-5-6-20-19(7-8-27-22(20)12-16)21-14-18(26)11-17-13-23(31-24(17)21)25(30)28-9-3-2-4-10-28/h5-8,11-12,14-15,23,29H,2-4,9-10,13H2,1H3. The van der Waals surface area contributed by atoms with E-state index in [0.717, 1.165) is 64.8 Å². The Kier molecular flexibility index (Phi) is 5.32. The Labute approximate surface area is 186 Å². The number of halogens is 1. The maximum Gasteiger partial charge on any atom is 0.263 e. The van der Waals surface area contributed by atoms with Gasteiger partial charge in [-0.25, -0.2) is 0 Å². The van der Waals surface area contributed by atoms with Crippen molar-refractivity contribution in [2.24, 2.45) is 0 Å². The van der Waals surface area contributed by atoms with Crippen molar-refractivity contribution < 1.29 is 14.6 Å². The molecule has 2 unspecified atom stereocenters. The molecule has 1 fully saturated rings.